The highest BCUT2D eigenvalue weighted by atomic mass is 35.5. The minimum absolute atomic E-state index is 0.0609. The van der Waals surface area contributed by atoms with Crippen molar-refractivity contribution in [1.29, 1.82) is 0 Å². The van der Waals surface area contributed by atoms with E-state index in [0.717, 1.165) is 25.2 Å². The van der Waals surface area contributed by atoms with Crippen LogP contribution in [0.2, 0.25) is 5.02 Å². The van der Waals surface area contributed by atoms with Crippen LogP contribution in [0, 0.1) is 20.8 Å². The molecule has 4 rings (SSSR count). The molecule has 1 aliphatic rings. The maximum absolute atomic E-state index is 13.5. The Morgan fingerprint density at radius 2 is 1.72 bits per heavy atom. The van der Waals surface area contributed by atoms with Crippen LogP contribution in [0.3, 0.4) is 0 Å². The van der Waals surface area contributed by atoms with Crippen molar-refractivity contribution >= 4 is 17.5 Å². The maximum atomic E-state index is 13.5. The SMILES string of the molecule is Cc1cc(C)c(Cn2ccnc2CN(C(=O)c2ccc(Cl)cc2)C2CCCCC2)c(C)c1. The summed E-state index contributed by atoms with van der Waals surface area (Å²) >= 11 is 6.05. The van der Waals surface area contributed by atoms with E-state index in [9.17, 15) is 4.79 Å². The van der Waals surface area contributed by atoms with Crippen LogP contribution in [0.1, 0.15) is 70.5 Å². The van der Waals surface area contributed by atoms with Gasteiger partial charge in [0.2, 0.25) is 0 Å². The minimum Gasteiger partial charge on any atom is -0.329 e. The van der Waals surface area contributed by atoms with E-state index >= 15 is 0 Å². The molecule has 1 amide bonds. The van der Waals surface area contributed by atoms with Gasteiger partial charge < -0.3 is 9.47 Å². The number of halogens is 1. The molecular weight excluding hydrogens is 418 g/mol. The third kappa shape index (κ3) is 5.07. The van der Waals surface area contributed by atoms with E-state index in [2.05, 4.69) is 42.5 Å². The van der Waals surface area contributed by atoms with E-state index in [4.69, 9.17) is 11.6 Å². The molecule has 168 valence electrons. The van der Waals surface area contributed by atoms with E-state index in [0.29, 0.717) is 17.1 Å². The monoisotopic (exact) mass is 449 g/mol. The summed E-state index contributed by atoms with van der Waals surface area (Å²) in [4.78, 5) is 20.2. The number of hydrogen-bond donors (Lipinski definition) is 0. The van der Waals surface area contributed by atoms with Crippen LogP contribution in [0.15, 0.2) is 48.8 Å². The van der Waals surface area contributed by atoms with Crippen molar-refractivity contribution in [1.82, 2.24) is 14.5 Å². The van der Waals surface area contributed by atoms with Crippen LogP contribution >= 0.6 is 11.6 Å². The van der Waals surface area contributed by atoms with Crippen molar-refractivity contribution in [2.24, 2.45) is 0 Å². The van der Waals surface area contributed by atoms with Crippen LogP contribution in [0.25, 0.3) is 0 Å². The van der Waals surface area contributed by atoms with Crippen molar-refractivity contribution in [2.45, 2.75) is 72.0 Å². The zero-order valence-corrected chi connectivity index (χ0v) is 20.0. The number of rotatable bonds is 6. The number of benzene rings is 2. The van der Waals surface area contributed by atoms with E-state index < -0.39 is 0 Å². The molecule has 0 atom stereocenters. The smallest absolute Gasteiger partial charge is 0.254 e. The lowest BCUT2D eigenvalue weighted by Crippen LogP contribution is -2.41. The van der Waals surface area contributed by atoms with Gasteiger partial charge in [0.05, 0.1) is 6.54 Å². The molecule has 0 spiro atoms. The topological polar surface area (TPSA) is 38.1 Å². The molecule has 1 saturated carbocycles. The summed E-state index contributed by atoms with van der Waals surface area (Å²) in [6.45, 7) is 7.76. The number of aryl methyl sites for hydroxylation is 3. The van der Waals surface area contributed by atoms with Gasteiger partial charge in [-0.2, -0.15) is 0 Å². The van der Waals surface area contributed by atoms with Crippen LogP contribution < -0.4 is 0 Å². The number of amides is 1. The van der Waals surface area contributed by atoms with Crippen molar-refractivity contribution in [3.63, 3.8) is 0 Å². The Balaban J connectivity index is 1.61. The molecule has 0 N–H and O–H groups in total. The molecule has 0 saturated heterocycles. The fraction of sp³-hybridized carbons (Fsp3) is 0.407. The van der Waals surface area contributed by atoms with E-state index in [1.54, 1.807) is 12.1 Å². The van der Waals surface area contributed by atoms with E-state index in [-0.39, 0.29) is 11.9 Å². The highest BCUT2D eigenvalue weighted by Crippen LogP contribution is 2.26. The second-order valence-electron chi connectivity index (χ2n) is 9.08. The first kappa shape index (κ1) is 22.6. The fourth-order valence-corrected chi connectivity index (χ4v) is 5.06. The Kier molecular flexibility index (Phi) is 7.00. The van der Waals surface area contributed by atoms with Crippen LogP contribution in [-0.4, -0.2) is 26.4 Å². The number of carbonyl (C=O) groups excluding carboxylic acids is 1. The van der Waals surface area contributed by atoms with Gasteiger partial charge in [-0.15, -0.1) is 0 Å². The zero-order valence-electron chi connectivity index (χ0n) is 19.3. The lowest BCUT2D eigenvalue weighted by Gasteiger charge is -2.34. The molecule has 3 aromatic rings. The first-order valence-electron chi connectivity index (χ1n) is 11.6. The van der Waals surface area contributed by atoms with Crippen LogP contribution in [0.4, 0.5) is 0 Å². The van der Waals surface area contributed by atoms with Gasteiger partial charge in [0.1, 0.15) is 5.82 Å². The van der Waals surface area contributed by atoms with Crippen molar-refractivity contribution < 1.29 is 4.79 Å². The highest BCUT2D eigenvalue weighted by molar-refractivity contribution is 6.30. The Hall–Kier alpha value is -2.59. The predicted octanol–water partition coefficient (Wildman–Crippen LogP) is 6.49. The highest BCUT2D eigenvalue weighted by Gasteiger charge is 2.27. The van der Waals surface area contributed by atoms with Crippen molar-refractivity contribution in [3.8, 4) is 0 Å². The summed E-state index contributed by atoms with van der Waals surface area (Å²) in [5.41, 5.74) is 5.88. The molecule has 0 radical (unpaired) electrons. The third-order valence-electron chi connectivity index (χ3n) is 6.65. The normalized spacial score (nSPS) is 14.5. The number of aromatic nitrogens is 2. The Bertz CT molecular complexity index is 1060. The summed E-state index contributed by atoms with van der Waals surface area (Å²) in [5.74, 6) is 0.989. The molecule has 1 aliphatic carbocycles. The molecule has 5 heteroatoms. The standard InChI is InChI=1S/C27H32ClN3O/c1-19-15-20(2)25(21(3)16-19)17-30-14-13-29-26(30)18-31(24-7-5-4-6-8-24)27(32)22-9-11-23(28)12-10-22/h9-16,24H,4-8,17-18H2,1-3H3. The average Bonchev–Trinajstić information content (AvgIpc) is 3.22. The zero-order chi connectivity index (χ0) is 22.7. The number of imidazole rings is 1. The Morgan fingerprint density at radius 1 is 1.06 bits per heavy atom. The quantitative estimate of drug-likeness (QED) is 0.431. The average molecular weight is 450 g/mol. The maximum Gasteiger partial charge on any atom is 0.254 e. The third-order valence-corrected chi connectivity index (χ3v) is 6.90. The summed E-state index contributed by atoms with van der Waals surface area (Å²) in [5, 5.41) is 0.644. The van der Waals surface area contributed by atoms with Crippen LogP contribution in [-0.2, 0) is 13.1 Å². The lowest BCUT2D eigenvalue weighted by atomic mass is 9.93. The first-order chi connectivity index (χ1) is 15.4. The molecule has 1 aromatic heterocycles. The molecule has 1 heterocycles. The molecule has 32 heavy (non-hydrogen) atoms. The number of nitrogens with zero attached hydrogens (tertiary/aromatic N) is 3. The van der Waals surface area contributed by atoms with Crippen LogP contribution in [0.5, 0.6) is 0 Å². The van der Waals surface area contributed by atoms with Gasteiger partial charge in [0.15, 0.2) is 0 Å². The predicted molar refractivity (Wildman–Crippen MR) is 130 cm³/mol. The molecule has 0 aliphatic heterocycles. The van der Waals surface area contributed by atoms with Gasteiger partial charge in [-0.1, -0.05) is 48.6 Å². The van der Waals surface area contributed by atoms with Gasteiger partial charge in [-0.3, -0.25) is 4.79 Å². The fourth-order valence-electron chi connectivity index (χ4n) is 4.94. The molecule has 0 bridgehead atoms. The molecule has 2 aromatic carbocycles. The molecule has 0 unspecified atom stereocenters. The van der Waals surface area contributed by atoms with Crippen molar-refractivity contribution in [3.05, 3.63) is 87.5 Å². The van der Waals surface area contributed by atoms with Gasteiger partial charge >= 0.3 is 0 Å². The number of carbonyl (C=O) groups is 1. The largest absolute Gasteiger partial charge is 0.329 e. The van der Waals surface area contributed by atoms with Crippen molar-refractivity contribution in [2.75, 3.05) is 0 Å². The number of hydrogen-bond acceptors (Lipinski definition) is 2. The second-order valence-corrected chi connectivity index (χ2v) is 9.52. The summed E-state index contributed by atoms with van der Waals surface area (Å²) in [6.07, 6.45) is 9.57. The molecule has 4 nitrogen and oxygen atoms in total. The Labute approximate surface area is 196 Å². The lowest BCUT2D eigenvalue weighted by molar-refractivity contribution is 0.0605. The Morgan fingerprint density at radius 3 is 2.38 bits per heavy atom. The molecular formula is C27H32ClN3O. The minimum atomic E-state index is 0.0609. The second kappa shape index (κ2) is 9.91. The first-order valence-corrected chi connectivity index (χ1v) is 11.9. The summed E-state index contributed by atoms with van der Waals surface area (Å²) in [6, 6.07) is 11.9. The van der Waals surface area contributed by atoms with Gasteiger partial charge in [0, 0.05) is 35.6 Å². The molecule has 1 fully saturated rings. The summed E-state index contributed by atoms with van der Waals surface area (Å²) < 4.78 is 2.19. The van der Waals surface area contributed by atoms with Gasteiger partial charge in [-0.05, 0) is 74.6 Å². The van der Waals surface area contributed by atoms with Gasteiger partial charge in [-0.25, -0.2) is 4.98 Å². The van der Waals surface area contributed by atoms with Gasteiger partial charge in [0.25, 0.3) is 5.91 Å². The van der Waals surface area contributed by atoms with E-state index in [1.165, 1.54) is 41.5 Å². The van der Waals surface area contributed by atoms with E-state index in [1.807, 2.05) is 29.4 Å². The summed E-state index contributed by atoms with van der Waals surface area (Å²) in [7, 11) is 0.